The molecule has 0 bridgehead atoms. The second-order valence-electron chi connectivity index (χ2n) is 6.34. The monoisotopic (exact) mass is 379 g/mol. The Hall–Kier alpha value is -3.61. The van der Waals surface area contributed by atoms with Crippen molar-refractivity contribution in [2.45, 2.75) is 6.04 Å². The molecule has 1 amide bonds. The van der Waals surface area contributed by atoms with Crippen molar-refractivity contribution >= 4 is 12.0 Å². The predicted molar refractivity (Wildman–Crippen MR) is 101 cm³/mol. The maximum atomic E-state index is 13.3. The van der Waals surface area contributed by atoms with E-state index in [1.54, 1.807) is 36.7 Å². The second-order valence-corrected chi connectivity index (χ2v) is 6.34. The number of nitrogens with zero attached hydrogens (tertiary/aromatic N) is 2. The minimum atomic E-state index is -0.505. The molecule has 0 spiro atoms. The lowest BCUT2D eigenvalue weighted by molar-refractivity contribution is -0.117. The molecule has 1 N–H and O–H groups in total. The molecule has 2 aromatic carbocycles. The van der Waals surface area contributed by atoms with E-state index in [9.17, 15) is 9.18 Å². The van der Waals surface area contributed by atoms with E-state index in [1.165, 1.54) is 18.2 Å². The number of ether oxygens (including phenoxy) is 2. The number of nitrogens with one attached hydrogen (secondary N) is 1. The molecule has 0 fully saturated rings. The van der Waals surface area contributed by atoms with Crippen molar-refractivity contribution in [3.8, 4) is 11.5 Å². The molecule has 2 heterocycles. The number of hydrogen-bond acceptors (Lipinski definition) is 4. The fourth-order valence-electron chi connectivity index (χ4n) is 2.99. The van der Waals surface area contributed by atoms with Crippen LogP contribution in [-0.2, 0) is 11.8 Å². The first-order valence-corrected chi connectivity index (χ1v) is 8.71. The SMILES string of the molecule is Cn1ccnc1C(NC(=O)/C=C/c1ccc2c(c1)OCO2)c1ccc(F)cc1. The highest BCUT2D eigenvalue weighted by Crippen LogP contribution is 2.32. The summed E-state index contributed by atoms with van der Waals surface area (Å²) in [4.78, 5) is 16.9. The van der Waals surface area contributed by atoms with E-state index in [2.05, 4.69) is 10.3 Å². The highest BCUT2D eigenvalue weighted by molar-refractivity contribution is 5.92. The van der Waals surface area contributed by atoms with Crippen molar-refractivity contribution in [2.24, 2.45) is 7.05 Å². The lowest BCUT2D eigenvalue weighted by atomic mass is 10.1. The molecule has 0 saturated heterocycles. The summed E-state index contributed by atoms with van der Waals surface area (Å²) in [5.41, 5.74) is 1.55. The van der Waals surface area contributed by atoms with Gasteiger partial charge in [0.25, 0.3) is 0 Å². The van der Waals surface area contributed by atoms with Crippen LogP contribution in [0.5, 0.6) is 11.5 Å². The van der Waals surface area contributed by atoms with E-state index >= 15 is 0 Å². The van der Waals surface area contributed by atoms with Gasteiger partial charge in [-0.1, -0.05) is 18.2 Å². The number of amides is 1. The van der Waals surface area contributed by atoms with Crippen molar-refractivity contribution in [1.82, 2.24) is 14.9 Å². The maximum absolute atomic E-state index is 13.3. The lowest BCUT2D eigenvalue weighted by Crippen LogP contribution is -2.29. The van der Waals surface area contributed by atoms with Gasteiger partial charge in [0.05, 0.1) is 0 Å². The van der Waals surface area contributed by atoms with Crippen LogP contribution >= 0.6 is 0 Å². The van der Waals surface area contributed by atoms with Gasteiger partial charge < -0.3 is 19.4 Å². The summed E-state index contributed by atoms with van der Waals surface area (Å²) in [5.74, 6) is 1.36. The van der Waals surface area contributed by atoms with Crippen LogP contribution in [0.4, 0.5) is 4.39 Å². The Morgan fingerprint density at radius 1 is 1.21 bits per heavy atom. The molecule has 1 aliphatic heterocycles. The number of aryl methyl sites for hydroxylation is 1. The zero-order chi connectivity index (χ0) is 19.5. The predicted octanol–water partition coefficient (Wildman–Crippen LogP) is 3.21. The van der Waals surface area contributed by atoms with Crippen molar-refractivity contribution < 1.29 is 18.7 Å². The van der Waals surface area contributed by atoms with E-state index in [1.807, 2.05) is 23.7 Å². The zero-order valence-corrected chi connectivity index (χ0v) is 15.1. The van der Waals surface area contributed by atoms with Gasteiger partial charge in [0.2, 0.25) is 12.7 Å². The van der Waals surface area contributed by atoms with E-state index in [0.29, 0.717) is 17.3 Å². The Morgan fingerprint density at radius 2 is 2.00 bits per heavy atom. The summed E-state index contributed by atoms with van der Waals surface area (Å²) in [6.45, 7) is 0.200. The number of rotatable bonds is 5. The molecule has 28 heavy (non-hydrogen) atoms. The third-order valence-corrected chi connectivity index (χ3v) is 4.43. The molecular weight excluding hydrogens is 361 g/mol. The van der Waals surface area contributed by atoms with Crippen molar-refractivity contribution in [3.63, 3.8) is 0 Å². The molecule has 1 aromatic heterocycles. The Morgan fingerprint density at radius 3 is 2.75 bits per heavy atom. The number of halogens is 1. The molecule has 1 unspecified atom stereocenters. The van der Waals surface area contributed by atoms with Gasteiger partial charge in [-0.2, -0.15) is 0 Å². The van der Waals surface area contributed by atoms with Crippen LogP contribution in [0, 0.1) is 5.82 Å². The average molecular weight is 379 g/mol. The highest BCUT2D eigenvalue weighted by atomic mass is 19.1. The van der Waals surface area contributed by atoms with Gasteiger partial charge in [0.1, 0.15) is 17.7 Å². The standard InChI is InChI=1S/C21H18FN3O3/c1-25-11-10-23-21(25)20(15-4-6-16(22)7-5-15)24-19(26)9-3-14-2-8-17-18(12-14)28-13-27-17/h2-12,20H,13H2,1H3,(H,24,26)/b9-3+. The first-order valence-electron chi connectivity index (χ1n) is 8.71. The van der Waals surface area contributed by atoms with E-state index in [-0.39, 0.29) is 18.5 Å². The largest absolute Gasteiger partial charge is 0.454 e. The summed E-state index contributed by atoms with van der Waals surface area (Å²) >= 11 is 0. The number of imidazole rings is 1. The smallest absolute Gasteiger partial charge is 0.244 e. The fourth-order valence-corrected chi connectivity index (χ4v) is 2.99. The number of aromatic nitrogens is 2. The minimum absolute atomic E-state index is 0.200. The molecule has 0 aliphatic carbocycles. The van der Waals surface area contributed by atoms with Crippen LogP contribution in [0.25, 0.3) is 6.08 Å². The second kappa shape index (κ2) is 7.56. The van der Waals surface area contributed by atoms with Gasteiger partial charge in [0.15, 0.2) is 11.5 Å². The summed E-state index contributed by atoms with van der Waals surface area (Å²) in [6, 6.07) is 10.9. The summed E-state index contributed by atoms with van der Waals surface area (Å²) in [6.07, 6.45) is 6.58. The van der Waals surface area contributed by atoms with Crippen LogP contribution in [0.15, 0.2) is 60.9 Å². The molecule has 0 saturated carbocycles. The van der Waals surface area contributed by atoms with Crippen LogP contribution in [0.2, 0.25) is 0 Å². The molecule has 1 aliphatic rings. The Labute approximate surface area is 161 Å². The third kappa shape index (κ3) is 3.73. The number of benzene rings is 2. The molecule has 142 valence electrons. The Kier molecular flexibility index (Phi) is 4.80. The van der Waals surface area contributed by atoms with Crippen LogP contribution in [0.1, 0.15) is 23.0 Å². The topological polar surface area (TPSA) is 65.4 Å². The molecule has 1 atom stereocenters. The van der Waals surface area contributed by atoms with Crippen molar-refractivity contribution in [3.05, 3.63) is 83.7 Å². The molecule has 4 rings (SSSR count). The highest BCUT2D eigenvalue weighted by Gasteiger charge is 2.20. The van der Waals surface area contributed by atoms with Gasteiger partial charge in [-0.15, -0.1) is 0 Å². The minimum Gasteiger partial charge on any atom is -0.454 e. The van der Waals surface area contributed by atoms with Crippen LogP contribution in [0.3, 0.4) is 0 Å². The fraction of sp³-hybridized carbons (Fsp3) is 0.143. The number of carbonyl (C=O) groups is 1. The molecule has 3 aromatic rings. The maximum Gasteiger partial charge on any atom is 0.244 e. The summed E-state index contributed by atoms with van der Waals surface area (Å²) in [7, 11) is 1.84. The average Bonchev–Trinajstić information content (AvgIpc) is 3.33. The van der Waals surface area contributed by atoms with Crippen LogP contribution < -0.4 is 14.8 Å². The third-order valence-electron chi connectivity index (χ3n) is 4.43. The number of carbonyl (C=O) groups excluding carboxylic acids is 1. The Bertz CT molecular complexity index is 1030. The number of hydrogen-bond donors (Lipinski definition) is 1. The van der Waals surface area contributed by atoms with Gasteiger partial charge in [-0.3, -0.25) is 4.79 Å². The van der Waals surface area contributed by atoms with E-state index < -0.39 is 6.04 Å². The van der Waals surface area contributed by atoms with Gasteiger partial charge in [-0.25, -0.2) is 9.37 Å². The van der Waals surface area contributed by atoms with Crippen LogP contribution in [-0.4, -0.2) is 22.3 Å². The molecule has 6 nitrogen and oxygen atoms in total. The van der Waals surface area contributed by atoms with Gasteiger partial charge in [0, 0.05) is 25.5 Å². The summed E-state index contributed by atoms with van der Waals surface area (Å²) in [5, 5.41) is 2.93. The quantitative estimate of drug-likeness (QED) is 0.692. The first-order chi connectivity index (χ1) is 13.6. The number of fused-ring (bicyclic) bond motifs is 1. The molecule has 0 radical (unpaired) electrons. The van der Waals surface area contributed by atoms with Crippen molar-refractivity contribution in [2.75, 3.05) is 6.79 Å². The normalized spacial score (nSPS) is 13.6. The van der Waals surface area contributed by atoms with E-state index in [0.717, 1.165) is 11.1 Å². The summed E-state index contributed by atoms with van der Waals surface area (Å²) < 4.78 is 25.7. The van der Waals surface area contributed by atoms with Crippen molar-refractivity contribution in [1.29, 1.82) is 0 Å². The van der Waals surface area contributed by atoms with Gasteiger partial charge in [-0.05, 0) is 41.5 Å². The van der Waals surface area contributed by atoms with E-state index in [4.69, 9.17) is 9.47 Å². The molecular formula is C21H18FN3O3. The Balaban J connectivity index is 1.54. The zero-order valence-electron chi connectivity index (χ0n) is 15.1. The first kappa shape index (κ1) is 17.8. The lowest BCUT2D eigenvalue weighted by Gasteiger charge is -2.18. The molecule has 7 heteroatoms. The van der Waals surface area contributed by atoms with Gasteiger partial charge >= 0.3 is 0 Å².